The van der Waals surface area contributed by atoms with E-state index in [1.54, 1.807) is 0 Å². The second-order valence-corrected chi connectivity index (χ2v) is 11.1. The molecule has 0 bridgehead atoms. The van der Waals surface area contributed by atoms with E-state index >= 15 is 0 Å². The number of hydrogen-bond acceptors (Lipinski definition) is 4. The van der Waals surface area contributed by atoms with Crippen LogP contribution in [0.4, 0.5) is 18.9 Å². The highest BCUT2D eigenvalue weighted by atomic mass is 32.2. The SMILES string of the molecule is Cc1c(NCc2ccccc2)c(C)c2c(-c3ccc(CC(C)C)cc3)coc2c1C.O=S(=O)(O)C(F)(F)F. The van der Waals surface area contributed by atoms with E-state index in [2.05, 4.69) is 94.5 Å². The molecule has 9 heteroatoms. The third kappa shape index (κ3) is 6.76. The van der Waals surface area contributed by atoms with Gasteiger partial charge in [-0.2, -0.15) is 21.6 Å². The Morgan fingerprint density at radius 3 is 2.00 bits per heavy atom. The fraction of sp³-hybridized carbons (Fsp3) is 0.310. The first kappa shape index (κ1) is 29.3. The topological polar surface area (TPSA) is 79.5 Å². The van der Waals surface area contributed by atoms with Gasteiger partial charge in [-0.3, -0.25) is 4.55 Å². The van der Waals surface area contributed by atoms with Crippen LogP contribution in [-0.4, -0.2) is 18.5 Å². The molecule has 0 fully saturated rings. The molecule has 0 aliphatic rings. The van der Waals surface area contributed by atoms with Crippen LogP contribution >= 0.6 is 0 Å². The predicted molar refractivity (Wildman–Crippen MR) is 146 cm³/mol. The van der Waals surface area contributed by atoms with Crippen LogP contribution in [0.2, 0.25) is 0 Å². The van der Waals surface area contributed by atoms with Crippen LogP contribution < -0.4 is 5.32 Å². The van der Waals surface area contributed by atoms with E-state index in [0.29, 0.717) is 5.92 Å². The zero-order chi connectivity index (χ0) is 28.3. The molecule has 0 aliphatic carbocycles. The van der Waals surface area contributed by atoms with Crippen molar-refractivity contribution < 1.29 is 30.6 Å². The lowest BCUT2D eigenvalue weighted by Gasteiger charge is -2.17. The summed E-state index contributed by atoms with van der Waals surface area (Å²) >= 11 is 0. The van der Waals surface area contributed by atoms with Crippen molar-refractivity contribution in [2.45, 2.75) is 53.1 Å². The van der Waals surface area contributed by atoms with Gasteiger partial charge in [-0.05, 0) is 66.5 Å². The van der Waals surface area contributed by atoms with Crippen LogP contribution in [0, 0.1) is 26.7 Å². The van der Waals surface area contributed by atoms with Gasteiger partial charge in [0.05, 0.1) is 6.26 Å². The Kier molecular flexibility index (Phi) is 8.94. The van der Waals surface area contributed by atoms with E-state index < -0.39 is 15.6 Å². The maximum Gasteiger partial charge on any atom is 0.522 e. The van der Waals surface area contributed by atoms with Gasteiger partial charge in [-0.15, -0.1) is 0 Å². The van der Waals surface area contributed by atoms with Gasteiger partial charge in [0.25, 0.3) is 0 Å². The summed E-state index contributed by atoms with van der Waals surface area (Å²) in [7, 11) is -5.84. The Morgan fingerprint density at radius 2 is 1.47 bits per heavy atom. The number of rotatable bonds is 6. The fourth-order valence-corrected chi connectivity index (χ4v) is 4.33. The summed E-state index contributed by atoms with van der Waals surface area (Å²) in [5.41, 5.74) is 5.42. The molecule has 1 aromatic heterocycles. The van der Waals surface area contributed by atoms with Crippen molar-refractivity contribution in [1.29, 1.82) is 0 Å². The first-order chi connectivity index (χ1) is 17.7. The van der Waals surface area contributed by atoms with Crippen LogP contribution in [0.1, 0.15) is 41.7 Å². The van der Waals surface area contributed by atoms with Crippen LogP contribution in [-0.2, 0) is 23.1 Å². The minimum Gasteiger partial charge on any atom is -0.463 e. The molecule has 4 rings (SSSR count). The van der Waals surface area contributed by atoms with E-state index in [9.17, 15) is 13.2 Å². The molecule has 5 nitrogen and oxygen atoms in total. The lowest BCUT2D eigenvalue weighted by atomic mass is 9.93. The molecule has 0 atom stereocenters. The zero-order valence-corrected chi connectivity index (χ0v) is 22.8. The number of furan rings is 1. The first-order valence-electron chi connectivity index (χ1n) is 12.1. The fourth-order valence-electron chi connectivity index (χ4n) is 4.33. The summed E-state index contributed by atoms with van der Waals surface area (Å²) in [6.07, 6.45) is 3.03. The third-order valence-electron chi connectivity index (χ3n) is 6.33. The second kappa shape index (κ2) is 11.6. The van der Waals surface area contributed by atoms with Crippen molar-refractivity contribution in [2.75, 3.05) is 5.32 Å². The molecule has 0 unspecified atom stereocenters. The predicted octanol–water partition coefficient (Wildman–Crippen LogP) is 8.23. The number of aryl methyl sites for hydroxylation is 2. The van der Waals surface area contributed by atoms with E-state index in [0.717, 1.165) is 18.5 Å². The highest BCUT2D eigenvalue weighted by Crippen LogP contribution is 2.40. The van der Waals surface area contributed by atoms with Gasteiger partial charge in [0, 0.05) is 23.2 Å². The molecule has 38 heavy (non-hydrogen) atoms. The molecule has 0 aliphatic heterocycles. The lowest BCUT2D eigenvalue weighted by Crippen LogP contribution is -2.21. The molecule has 2 N–H and O–H groups in total. The molecule has 1 heterocycles. The van der Waals surface area contributed by atoms with Gasteiger partial charge in [0.2, 0.25) is 0 Å². The Hall–Kier alpha value is -3.30. The highest BCUT2D eigenvalue weighted by Gasteiger charge is 2.44. The first-order valence-corrected chi connectivity index (χ1v) is 13.6. The van der Waals surface area contributed by atoms with Gasteiger partial charge in [-0.1, -0.05) is 68.4 Å². The van der Waals surface area contributed by atoms with Crippen molar-refractivity contribution >= 4 is 26.8 Å². The van der Waals surface area contributed by atoms with Gasteiger partial charge in [0.1, 0.15) is 5.58 Å². The van der Waals surface area contributed by atoms with Gasteiger partial charge in [-0.25, -0.2) is 0 Å². The summed E-state index contributed by atoms with van der Waals surface area (Å²) in [6, 6.07) is 19.5. The number of fused-ring (bicyclic) bond motifs is 1. The van der Waals surface area contributed by atoms with Crippen molar-refractivity contribution in [2.24, 2.45) is 5.92 Å². The van der Waals surface area contributed by atoms with Crippen LogP contribution in [0.3, 0.4) is 0 Å². The largest absolute Gasteiger partial charge is 0.522 e. The maximum absolute atomic E-state index is 10.7. The van der Waals surface area contributed by atoms with Gasteiger partial charge >= 0.3 is 15.6 Å². The molecule has 4 aromatic rings. The van der Waals surface area contributed by atoms with Crippen LogP contribution in [0.25, 0.3) is 22.1 Å². The highest BCUT2D eigenvalue weighted by molar-refractivity contribution is 7.86. The molecule has 0 saturated heterocycles. The molecular weight excluding hydrogens is 515 g/mol. The van der Waals surface area contributed by atoms with Crippen molar-refractivity contribution in [1.82, 2.24) is 0 Å². The summed E-state index contributed by atoms with van der Waals surface area (Å²) in [6.45, 7) is 11.9. The summed E-state index contributed by atoms with van der Waals surface area (Å²) in [5, 5.41) is 4.90. The number of halogens is 3. The molecule has 0 saturated carbocycles. The van der Waals surface area contributed by atoms with Crippen molar-refractivity contribution in [3.63, 3.8) is 0 Å². The van der Waals surface area contributed by atoms with E-state index in [-0.39, 0.29) is 0 Å². The average molecular weight is 548 g/mol. The quantitative estimate of drug-likeness (QED) is 0.188. The Morgan fingerprint density at radius 1 is 0.895 bits per heavy atom. The Labute approximate surface area is 221 Å². The van der Waals surface area contributed by atoms with Crippen LogP contribution in [0.15, 0.2) is 65.3 Å². The molecular formula is C29H32F3NO4S. The van der Waals surface area contributed by atoms with Crippen molar-refractivity contribution in [3.8, 4) is 11.1 Å². The molecule has 0 radical (unpaired) electrons. The number of benzene rings is 3. The van der Waals surface area contributed by atoms with Gasteiger partial charge < -0.3 is 9.73 Å². The molecule has 3 aromatic carbocycles. The van der Waals surface area contributed by atoms with E-state index in [1.807, 2.05) is 6.26 Å². The normalized spacial score (nSPS) is 11.9. The number of hydrogen-bond donors (Lipinski definition) is 2. The van der Waals surface area contributed by atoms with E-state index in [1.165, 1.54) is 50.0 Å². The molecule has 0 spiro atoms. The summed E-state index contributed by atoms with van der Waals surface area (Å²) in [5.74, 6) is 0.664. The number of alkyl halides is 3. The Balaban J connectivity index is 0.000000436. The number of nitrogens with one attached hydrogen (secondary N) is 1. The number of anilines is 1. The van der Waals surface area contributed by atoms with Crippen molar-refractivity contribution in [3.05, 3.63) is 88.7 Å². The monoisotopic (exact) mass is 547 g/mol. The second-order valence-electron chi connectivity index (χ2n) is 9.66. The minimum atomic E-state index is -5.84. The summed E-state index contributed by atoms with van der Waals surface area (Å²) in [4.78, 5) is 0. The standard InChI is InChI=1S/C28H31NO.CHF3O3S/c1-18(2)15-22-11-13-24(14-12-22)25-17-30-28-20(4)19(3)27(21(5)26(25)28)29-16-23-9-7-6-8-10-23;2-1(3,4)8(5,6)7/h6-14,17-18,29H,15-16H2,1-5H3;(H,5,6,7). The van der Waals surface area contributed by atoms with Gasteiger partial charge in [0.15, 0.2) is 0 Å². The molecule has 0 amide bonds. The average Bonchev–Trinajstić information content (AvgIpc) is 3.28. The lowest BCUT2D eigenvalue weighted by molar-refractivity contribution is -0.0510. The van der Waals surface area contributed by atoms with E-state index in [4.69, 9.17) is 17.4 Å². The molecule has 204 valence electrons. The third-order valence-corrected chi connectivity index (χ3v) is 6.92. The van der Waals surface area contributed by atoms with Crippen LogP contribution in [0.5, 0.6) is 0 Å². The Bertz CT molecular complexity index is 1490. The summed E-state index contributed by atoms with van der Waals surface area (Å²) < 4.78 is 63.6. The zero-order valence-electron chi connectivity index (χ0n) is 22.0. The smallest absolute Gasteiger partial charge is 0.463 e. The maximum atomic E-state index is 10.7. The minimum absolute atomic E-state index is 0.664.